The van der Waals surface area contributed by atoms with Gasteiger partial charge in [-0.2, -0.15) is 0 Å². The van der Waals surface area contributed by atoms with E-state index >= 15 is 0 Å². The van der Waals surface area contributed by atoms with Gasteiger partial charge in [-0.1, -0.05) is 32.9 Å². The van der Waals surface area contributed by atoms with E-state index in [9.17, 15) is 4.79 Å². The van der Waals surface area contributed by atoms with E-state index in [1.807, 2.05) is 0 Å². The maximum absolute atomic E-state index is 12.0. The maximum Gasteiger partial charge on any atom is 0.302 e. The van der Waals surface area contributed by atoms with Crippen LogP contribution in [0.5, 0.6) is 5.75 Å². The van der Waals surface area contributed by atoms with E-state index in [-0.39, 0.29) is 34.7 Å². The van der Waals surface area contributed by atoms with Gasteiger partial charge >= 0.3 is 5.97 Å². The summed E-state index contributed by atoms with van der Waals surface area (Å²) in [4.78, 5) is 14.8. The molecule has 6 heteroatoms. The van der Waals surface area contributed by atoms with Crippen LogP contribution in [0, 0.1) is 5.92 Å². The van der Waals surface area contributed by atoms with Crippen molar-refractivity contribution in [2.45, 2.75) is 108 Å². The third-order valence-electron chi connectivity index (χ3n) is 9.00. The van der Waals surface area contributed by atoms with E-state index in [1.54, 1.807) is 14.0 Å². The quantitative estimate of drug-likeness (QED) is 0.399. The highest BCUT2D eigenvalue weighted by Crippen LogP contribution is 2.54. The largest absolute Gasteiger partial charge is 0.497 e. The Kier molecular flexibility index (Phi) is 6.75. The van der Waals surface area contributed by atoms with Crippen molar-refractivity contribution < 1.29 is 18.7 Å². The van der Waals surface area contributed by atoms with Crippen LogP contribution < -0.4 is 4.74 Å². The van der Waals surface area contributed by atoms with Crippen molar-refractivity contribution in [1.29, 1.82) is 0 Å². The zero-order valence-electron chi connectivity index (χ0n) is 21.6. The van der Waals surface area contributed by atoms with Crippen molar-refractivity contribution in [2.24, 2.45) is 5.92 Å². The van der Waals surface area contributed by atoms with Gasteiger partial charge in [0.1, 0.15) is 11.9 Å². The molecule has 4 rings (SSSR count). The molecular formula is C27H43NO4Si. The highest BCUT2D eigenvalue weighted by Gasteiger charge is 2.59. The van der Waals surface area contributed by atoms with Crippen molar-refractivity contribution in [3.63, 3.8) is 0 Å². The third-order valence-corrected chi connectivity index (χ3v) is 13.5. The van der Waals surface area contributed by atoms with Crippen LogP contribution in [0.2, 0.25) is 18.1 Å². The Labute approximate surface area is 201 Å². The molecule has 0 amide bonds. The minimum Gasteiger partial charge on any atom is -0.497 e. The second-order valence-electron chi connectivity index (χ2n) is 12.0. The number of carbonyl (C=O) groups is 1. The molecule has 1 saturated carbocycles. The highest BCUT2D eigenvalue weighted by molar-refractivity contribution is 6.74. The number of nitrogens with zero attached hydrogens (tertiary/aromatic N) is 1. The monoisotopic (exact) mass is 473 g/mol. The van der Waals surface area contributed by atoms with Gasteiger partial charge < -0.3 is 13.9 Å². The van der Waals surface area contributed by atoms with Gasteiger partial charge in [0.25, 0.3) is 0 Å². The number of ether oxygens (including phenoxy) is 2. The molecule has 3 fully saturated rings. The molecular weight excluding hydrogens is 430 g/mol. The molecule has 33 heavy (non-hydrogen) atoms. The summed E-state index contributed by atoms with van der Waals surface area (Å²) in [5.74, 6) is 0.984. The van der Waals surface area contributed by atoms with Crippen LogP contribution in [-0.4, -0.2) is 56.6 Å². The van der Waals surface area contributed by atoms with Gasteiger partial charge in [-0.15, -0.1) is 0 Å². The predicted molar refractivity (Wildman–Crippen MR) is 134 cm³/mol. The normalized spacial score (nSPS) is 32.3. The molecule has 184 valence electrons. The molecule has 0 aromatic heterocycles. The smallest absolute Gasteiger partial charge is 0.302 e. The summed E-state index contributed by atoms with van der Waals surface area (Å²) in [6.45, 7) is 14.3. The molecule has 0 N–H and O–H groups in total. The minimum absolute atomic E-state index is 0.0380. The molecule has 2 aliphatic heterocycles. The van der Waals surface area contributed by atoms with E-state index in [0.717, 1.165) is 38.0 Å². The molecule has 1 aliphatic carbocycles. The topological polar surface area (TPSA) is 48.0 Å². The number of piperidine rings is 1. The first kappa shape index (κ1) is 24.7. The first-order valence-corrected chi connectivity index (χ1v) is 15.6. The number of rotatable bonds is 6. The lowest BCUT2D eigenvalue weighted by molar-refractivity contribution is -0.174. The van der Waals surface area contributed by atoms with E-state index in [0.29, 0.717) is 6.04 Å². The van der Waals surface area contributed by atoms with Gasteiger partial charge in [0, 0.05) is 24.4 Å². The summed E-state index contributed by atoms with van der Waals surface area (Å²) >= 11 is 0. The lowest BCUT2D eigenvalue weighted by Crippen LogP contribution is -2.68. The molecule has 0 radical (unpaired) electrons. The summed E-state index contributed by atoms with van der Waals surface area (Å²) in [5.41, 5.74) is 1.56. The summed E-state index contributed by atoms with van der Waals surface area (Å²) in [5, 5.41) is 0.128. The molecule has 2 bridgehead atoms. The molecule has 2 heterocycles. The molecule has 0 unspecified atom stereocenters. The summed E-state index contributed by atoms with van der Waals surface area (Å²) in [6, 6.07) is 8.80. The average molecular weight is 474 g/mol. The second-order valence-corrected chi connectivity index (χ2v) is 16.8. The fraction of sp³-hybridized carbons (Fsp3) is 0.741. The van der Waals surface area contributed by atoms with Crippen LogP contribution in [0.3, 0.4) is 0 Å². The van der Waals surface area contributed by atoms with Gasteiger partial charge in [0.15, 0.2) is 8.32 Å². The standard InChI is InChI=1S/C27H43NO4Si/c1-19(29)31-24-13-15-27-14-8-16-28(27)23(17-20-9-11-21(30-5)12-10-20)25(22(24)18-27)32-33(6,7)26(2,3)4/h9-12,22-25H,8,13-18H2,1-7H3/t22-,23-,24-,25-,27-/m0/s1. The van der Waals surface area contributed by atoms with Crippen LogP contribution in [0.4, 0.5) is 0 Å². The van der Waals surface area contributed by atoms with Crippen molar-refractivity contribution in [3.05, 3.63) is 29.8 Å². The van der Waals surface area contributed by atoms with Gasteiger partial charge in [-0.3, -0.25) is 9.69 Å². The molecule has 2 saturated heterocycles. The SMILES string of the molecule is COc1ccc(C[C@H]2[C@@H](O[Si](C)(C)C(C)(C)C)[C@H]3C[C@]4(CCCN24)CC[C@@H]3OC(C)=O)cc1. The molecule has 1 aromatic carbocycles. The van der Waals surface area contributed by atoms with Crippen LogP contribution in [0.25, 0.3) is 0 Å². The first-order chi connectivity index (χ1) is 15.5. The molecule has 5 nitrogen and oxygen atoms in total. The molecule has 1 spiro atoms. The fourth-order valence-electron chi connectivity index (χ4n) is 6.32. The molecule has 1 aromatic rings. The van der Waals surface area contributed by atoms with Crippen LogP contribution in [0.15, 0.2) is 24.3 Å². The van der Waals surface area contributed by atoms with Crippen molar-refractivity contribution >= 4 is 14.3 Å². The maximum atomic E-state index is 12.0. The summed E-state index contributed by atoms with van der Waals surface area (Å²) in [7, 11) is -0.313. The zero-order chi connectivity index (χ0) is 24.0. The lowest BCUT2D eigenvalue weighted by atomic mass is 9.65. The molecule has 5 atom stereocenters. The van der Waals surface area contributed by atoms with Gasteiger partial charge in [-0.25, -0.2) is 0 Å². The first-order valence-electron chi connectivity index (χ1n) is 12.7. The summed E-state index contributed by atoms with van der Waals surface area (Å²) in [6.07, 6.45) is 6.64. The number of carbonyl (C=O) groups excluding carboxylic acids is 1. The average Bonchev–Trinajstić information content (AvgIpc) is 3.14. The molecule has 3 aliphatic rings. The van der Waals surface area contributed by atoms with Crippen molar-refractivity contribution in [3.8, 4) is 5.75 Å². The number of fused-ring (bicyclic) bond motifs is 1. The van der Waals surface area contributed by atoms with Gasteiger partial charge in [0.2, 0.25) is 0 Å². The zero-order valence-corrected chi connectivity index (χ0v) is 22.6. The number of benzene rings is 1. The van der Waals surface area contributed by atoms with Gasteiger partial charge in [-0.05, 0) is 80.9 Å². The van der Waals surface area contributed by atoms with Crippen molar-refractivity contribution in [1.82, 2.24) is 4.90 Å². The highest BCUT2D eigenvalue weighted by atomic mass is 28.4. The van der Waals surface area contributed by atoms with Gasteiger partial charge in [0.05, 0.1) is 13.2 Å². The third kappa shape index (κ3) is 4.76. The number of hydrogen-bond acceptors (Lipinski definition) is 5. The van der Waals surface area contributed by atoms with E-state index < -0.39 is 8.32 Å². The lowest BCUT2D eigenvalue weighted by Gasteiger charge is -2.60. The fourth-order valence-corrected chi connectivity index (χ4v) is 7.69. The number of esters is 1. The Balaban J connectivity index is 1.72. The Morgan fingerprint density at radius 2 is 1.88 bits per heavy atom. The van der Waals surface area contributed by atoms with E-state index in [1.165, 1.54) is 18.4 Å². The van der Waals surface area contributed by atoms with E-state index in [2.05, 4.69) is 63.0 Å². The predicted octanol–water partition coefficient (Wildman–Crippen LogP) is 5.58. The van der Waals surface area contributed by atoms with Crippen molar-refractivity contribution in [2.75, 3.05) is 13.7 Å². The Morgan fingerprint density at radius 1 is 1.18 bits per heavy atom. The van der Waals surface area contributed by atoms with Crippen LogP contribution >= 0.6 is 0 Å². The van der Waals surface area contributed by atoms with Crippen LogP contribution in [-0.2, 0) is 20.4 Å². The minimum atomic E-state index is -2.03. The second kappa shape index (κ2) is 9.01. The van der Waals surface area contributed by atoms with E-state index in [4.69, 9.17) is 13.9 Å². The van der Waals surface area contributed by atoms with Crippen LogP contribution in [0.1, 0.15) is 65.4 Å². The Bertz CT molecular complexity index is 849. The summed E-state index contributed by atoms with van der Waals surface area (Å²) < 4.78 is 18.6. The number of hydrogen-bond donors (Lipinski definition) is 0. The number of methoxy groups -OCH3 is 1. The Morgan fingerprint density at radius 3 is 2.48 bits per heavy atom. The Hall–Kier alpha value is -1.37.